The first-order valence-electron chi connectivity index (χ1n) is 8.41. The highest BCUT2D eigenvalue weighted by Crippen LogP contribution is 2.26. The zero-order valence-corrected chi connectivity index (χ0v) is 17.0. The monoisotopic (exact) mass is 419 g/mol. The Balaban J connectivity index is 1.61. The maximum Gasteiger partial charge on any atom is 0.252 e. The van der Waals surface area contributed by atoms with E-state index >= 15 is 0 Å². The average Bonchev–Trinajstić information content (AvgIpc) is 3.31. The quantitative estimate of drug-likeness (QED) is 0.575. The number of halogens is 1. The number of carbonyl (C=O) groups excluding carboxylic acids is 2. The molecule has 0 aliphatic carbocycles. The van der Waals surface area contributed by atoms with Gasteiger partial charge in [-0.25, -0.2) is 4.98 Å². The molecule has 0 radical (unpaired) electrons. The number of nitrogens with zero attached hydrogens (tertiary/aromatic N) is 1. The van der Waals surface area contributed by atoms with Gasteiger partial charge in [-0.15, -0.1) is 11.3 Å². The lowest BCUT2D eigenvalue weighted by Crippen LogP contribution is -2.24. The Morgan fingerprint density at radius 2 is 2.07 bits per heavy atom. The second-order valence-electron chi connectivity index (χ2n) is 5.83. The maximum absolute atomic E-state index is 12.3. The third kappa shape index (κ3) is 5.15. The van der Waals surface area contributed by atoms with Crippen LogP contribution in [0, 0.1) is 0 Å². The van der Waals surface area contributed by atoms with Crippen LogP contribution in [0.15, 0.2) is 40.4 Å². The maximum atomic E-state index is 12.3. The molecule has 0 saturated carbocycles. The molecule has 5 nitrogen and oxygen atoms in total. The highest BCUT2D eigenvalue weighted by molar-refractivity contribution is 7.14. The van der Waals surface area contributed by atoms with Crippen molar-refractivity contribution in [3.05, 3.63) is 56.7 Å². The third-order valence-electron chi connectivity index (χ3n) is 3.69. The van der Waals surface area contributed by atoms with Gasteiger partial charge in [-0.2, -0.15) is 11.3 Å². The molecule has 27 heavy (non-hydrogen) atoms. The van der Waals surface area contributed by atoms with Crippen molar-refractivity contribution in [1.82, 2.24) is 10.3 Å². The number of anilines is 1. The molecule has 2 amide bonds. The van der Waals surface area contributed by atoms with Crippen LogP contribution in [0.25, 0.3) is 10.6 Å². The number of amides is 2. The number of hydrogen-bond donors (Lipinski definition) is 2. The number of thiazole rings is 1. The van der Waals surface area contributed by atoms with Gasteiger partial charge in [0.2, 0.25) is 5.91 Å². The van der Waals surface area contributed by atoms with Crippen LogP contribution >= 0.6 is 34.3 Å². The minimum absolute atomic E-state index is 0.178. The summed E-state index contributed by atoms with van der Waals surface area (Å²) in [5.74, 6) is -0.403. The summed E-state index contributed by atoms with van der Waals surface area (Å²) in [6.07, 6.45) is 1.03. The van der Waals surface area contributed by atoms with Gasteiger partial charge in [0.05, 0.1) is 22.7 Å². The number of aromatic nitrogens is 1. The molecule has 0 unspecified atom stereocenters. The fourth-order valence-electron chi connectivity index (χ4n) is 2.39. The molecule has 3 rings (SSSR count). The molecule has 0 saturated heterocycles. The molecule has 8 heteroatoms. The van der Waals surface area contributed by atoms with Gasteiger partial charge in [0.1, 0.15) is 5.01 Å². The predicted molar refractivity (Wildman–Crippen MR) is 112 cm³/mol. The standard InChI is InChI=1S/C19H18ClN3O2S2/c1-2-6-21-18(25)15-4-3-13(8-16(15)20)22-17(24)9-14-11-27-19(23-14)12-5-7-26-10-12/h3-5,7-8,10-11H,2,6,9H2,1H3,(H,21,25)(H,22,24). The normalized spacial score (nSPS) is 10.6. The van der Waals surface area contributed by atoms with Crippen LogP contribution in [-0.2, 0) is 11.2 Å². The van der Waals surface area contributed by atoms with Crippen LogP contribution in [0.2, 0.25) is 5.02 Å². The first-order valence-corrected chi connectivity index (χ1v) is 10.6. The number of nitrogens with one attached hydrogen (secondary N) is 2. The van der Waals surface area contributed by atoms with Crippen molar-refractivity contribution in [3.63, 3.8) is 0 Å². The summed E-state index contributed by atoms with van der Waals surface area (Å²) in [4.78, 5) is 28.8. The van der Waals surface area contributed by atoms with E-state index < -0.39 is 0 Å². The topological polar surface area (TPSA) is 71.1 Å². The molecular formula is C19H18ClN3O2S2. The summed E-state index contributed by atoms with van der Waals surface area (Å²) in [7, 11) is 0. The Labute approximate surface area is 170 Å². The fourth-order valence-corrected chi connectivity index (χ4v) is 4.19. The van der Waals surface area contributed by atoms with E-state index in [4.69, 9.17) is 11.6 Å². The molecular weight excluding hydrogens is 402 g/mol. The van der Waals surface area contributed by atoms with E-state index in [1.165, 1.54) is 11.3 Å². The Morgan fingerprint density at radius 1 is 1.22 bits per heavy atom. The minimum atomic E-state index is -0.219. The Kier molecular flexibility index (Phi) is 6.60. The SMILES string of the molecule is CCCNC(=O)c1ccc(NC(=O)Cc2csc(-c3ccsc3)n2)cc1Cl. The highest BCUT2D eigenvalue weighted by Gasteiger charge is 2.13. The van der Waals surface area contributed by atoms with Gasteiger partial charge >= 0.3 is 0 Å². The number of carbonyl (C=O) groups is 2. The Morgan fingerprint density at radius 3 is 2.78 bits per heavy atom. The number of benzene rings is 1. The summed E-state index contributed by atoms with van der Waals surface area (Å²) in [6, 6.07) is 6.87. The predicted octanol–water partition coefficient (Wildman–Crippen LogP) is 4.85. The second kappa shape index (κ2) is 9.12. The van der Waals surface area contributed by atoms with Crippen LogP contribution in [0.1, 0.15) is 29.4 Å². The van der Waals surface area contributed by atoms with Crippen LogP contribution in [-0.4, -0.2) is 23.3 Å². The van der Waals surface area contributed by atoms with E-state index in [1.807, 2.05) is 29.1 Å². The van der Waals surface area contributed by atoms with E-state index in [-0.39, 0.29) is 18.2 Å². The zero-order valence-electron chi connectivity index (χ0n) is 14.6. The molecule has 0 aliphatic heterocycles. The van der Waals surface area contributed by atoms with Gasteiger partial charge in [0.15, 0.2) is 0 Å². The van der Waals surface area contributed by atoms with E-state index in [0.29, 0.717) is 22.8 Å². The lowest BCUT2D eigenvalue weighted by atomic mass is 10.2. The van der Waals surface area contributed by atoms with Crippen molar-refractivity contribution in [1.29, 1.82) is 0 Å². The van der Waals surface area contributed by atoms with Crippen LogP contribution in [0.4, 0.5) is 5.69 Å². The van der Waals surface area contributed by atoms with E-state index in [2.05, 4.69) is 15.6 Å². The van der Waals surface area contributed by atoms with Gasteiger partial charge in [0.25, 0.3) is 5.91 Å². The van der Waals surface area contributed by atoms with Gasteiger partial charge in [0, 0.05) is 28.6 Å². The molecule has 2 aromatic heterocycles. The van der Waals surface area contributed by atoms with Crippen molar-refractivity contribution in [2.24, 2.45) is 0 Å². The molecule has 2 heterocycles. The minimum Gasteiger partial charge on any atom is -0.352 e. The fraction of sp³-hybridized carbons (Fsp3) is 0.211. The van der Waals surface area contributed by atoms with Crippen molar-refractivity contribution >= 4 is 51.8 Å². The lowest BCUT2D eigenvalue weighted by molar-refractivity contribution is -0.115. The Hall–Kier alpha value is -2.22. The van der Waals surface area contributed by atoms with E-state index in [0.717, 1.165) is 22.7 Å². The molecule has 0 fully saturated rings. The summed E-state index contributed by atoms with van der Waals surface area (Å²) in [5, 5.41) is 12.7. The zero-order chi connectivity index (χ0) is 19.2. The number of thiophene rings is 1. The molecule has 0 spiro atoms. The largest absolute Gasteiger partial charge is 0.352 e. The third-order valence-corrected chi connectivity index (χ3v) is 5.63. The highest BCUT2D eigenvalue weighted by atomic mass is 35.5. The molecule has 2 N–H and O–H groups in total. The number of rotatable bonds is 7. The van der Waals surface area contributed by atoms with Crippen molar-refractivity contribution in [2.75, 3.05) is 11.9 Å². The summed E-state index contributed by atoms with van der Waals surface area (Å²) in [5.41, 5.74) is 2.73. The average molecular weight is 420 g/mol. The lowest BCUT2D eigenvalue weighted by Gasteiger charge is -2.09. The second-order valence-corrected chi connectivity index (χ2v) is 7.88. The summed E-state index contributed by atoms with van der Waals surface area (Å²) >= 11 is 9.32. The number of hydrogen-bond acceptors (Lipinski definition) is 5. The summed E-state index contributed by atoms with van der Waals surface area (Å²) in [6.45, 7) is 2.57. The van der Waals surface area contributed by atoms with Gasteiger partial charge in [-0.3, -0.25) is 9.59 Å². The van der Waals surface area contributed by atoms with Crippen LogP contribution in [0.5, 0.6) is 0 Å². The van der Waals surface area contributed by atoms with Gasteiger partial charge < -0.3 is 10.6 Å². The van der Waals surface area contributed by atoms with Crippen molar-refractivity contribution in [2.45, 2.75) is 19.8 Å². The molecule has 3 aromatic rings. The van der Waals surface area contributed by atoms with Crippen molar-refractivity contribution < 1.29 is 9.59 Å². The van der Waals surface area contributed by atoms with Crippen LogP contribution < -0.4 is 10.6 Å². The van der Waals surface area contributed by atoms with Crippen molar-refractivity contribution in [3.8, 4) is 10.6 Å². The first kappa shape index (κ1) is 19.5. The van der Waals surface area contributed by atoms with E-state index in [9.17, 15) is 9.59 Å². The smallest absolute Gasteiger partial charge is 0.252 e. The van der Waals surface area contributed by atoms with E-state index in [1.54, 1.807) is 29.5 Å². The first-order chi connectivity index (χ1) is 13.1. The Bertz CT molecular complexity index is 938. The molecule has 0 bridgehead atoms. The van der Waals surface area contributed by atoms with Crippen LogP contribution in [0.3, 0.4) is 0 Å². The molecule has 0 atom stereocenters. The van der Waals surface area contributed by atoms with Gasteiger partial charge in [-0.05, 0) is 36.1 Å². The summed E-state index contributed by atoms with van der Waals surface area (Å²) < 4.78 is 0. The molecule has 140 valence electrons. The van der Waals surface area contributed by atoms with Gasteiger partial charge in [-0.1, -0.05) is 18.5 Å². The molecule has 0 aliphatic rings. The molecule has 1 aromatic carbocycles.